The van der Waals surface area contributed by atoms with Crippen LogP contribution in [0.5, 0.6) is 0 Å². The summed E-state index contributed by atoms with van der Waals surface area (Å²) in [6.45, 7) is 5.42. The minimum atomic E-state index is 0.323. The van der Waals surface area contributed by atoms with E-state index >= 15 is 0 Å². The van der Waals surface area contributed by atoms with Crippen LogP contribution in [0.2, 0.25) is 0 Å². The van der Waals surface area contributed by atoms with E-state index in [9.17, 15) is 0 Å². The zero-order valence-corrected chi connectivity index (χ0v) is 10.2. The molecule has 0 heterocycles. The van der Waals surface area contributed by atoms with E-state index in [1.54, 1.807) is 0 Å². The molecule has 1 unspecified atom stereocenters. The topological polar surface area (TPSA) is 61.8 Å². The maximum Gasteiger partial charge on any atom is 0.140 e. The van der Waals surface area contributed by atoms with Gasteiger partial charge >= 0.3 is 0 Å². The lowest BCUT2D eigenvalue weighted by molar-refractivity contribution is 0.233. The van der Waals surface area contributed by atoms with Crippen molar-refractivity contribution in [3.63, 3.8) is 0 Å². The summed E-state index contributed by atoms with van der Waals surface area (Å²) in [5.41, 5.74) is 5.52. The Morgan fingerprint density at radius 3 is 2.53 bits per heavy atom. The van der Waals surface area contributed by atoms with Gasteiger partial charge in [-0.15, -0.1) is 0 Å². The molecule has 4 heteroatoms. The van der Waals surface area contributed by atoms with Crippen LogP contribution in [0.4, 0.5) is 0 Å². The first-order valence-corrected chi connectivity index (χ1v) is 5.82. The van der Waals surface area contributed by atoms with Gasteiger partial charge in [-0.2, -0.15) is 0 Å². The van der Waals surface area contributed by atoms with Gasteiger partial charge in [-0.25, -0.2) is 0 Å². The molecule has 0 fully saturated rings. The van der Waals surface area contributed by atoms with Crippen LogP contribution in [0.15, 0.2) is 5.16 Å². The van der Waals surface area contributed by atoms with Gasteiger partial charge in [0.05, 0.1) is 0 Å². The van der Waals surface area contributed by atoms with Gasteiger partial charge in [0.1, 0.15) is 5.84 Å². The molecule has 0 aliphatic carbocycles. The van der Waals surface area contributed by atoms with Crippen molar-refractivity contribution in [3.05, 3.63) is 0 Å². The summed E-state index contributed by atoms with van der Waals surface area (Å²) < 4.78 is 0. The molecule has 0 radical (unpaired) electrons. The first kappa shape index (κ1) is 14.2. The van der Waals surface area contributed by atoms with Gasteiger partial charge in [0.15, 0.2) is 0 Å². The van der Waals surface area contributed by atoms with E-state index in [4.69, 9.17) is 10.9 Å². The van der Waals surface area contributed by atoms with Crippen molar-refractivity contribution in [3.8, 4) is 0 Å². The maximum absolute atomic E-state index is 8.52. The van der Waals surface area contributed by atoms with Crippen LogP contribution in [-0.2, 0) is 0 Å². The molecule has 0 saturated carbocycles. The zero-order valence-electron chi connectivity index (χ0n) is 10.2. The lowest BCUT2D eigenvalue weighted by Crippen LogP contribution is -2.35. The highest BCUT2D eigenvalue weighted by atomic mass is 16.4. The molecule has 0 spiro atoms. The van der Waals surface area contributed by atoms with Crippen LogP contribution in [0.3, 0.4) is 0 Å². The van der Waals surface area contributed by atoms with Gasteiger partial charge in [0.2, 0.25) is 0 Å². The Morgan fingerprint density at radius 2 is 2.07 bits per heavy atom. The average Bonchev–Trinajstić information content (AvgIpc) is 2.25. The lowest BCUT2D eigenvalue weighted by Gasteiger charge is -2.26. The van der Waals surface area contributed by atoms with Crippen LogP contribution in [0.25, 0.3) is 0 Å². The standard InChI is InChI=1S/C11H25N3O/c1-4-6-7-8-14(3)10(5-2)9-11(12)13-15/h10,15H,4-9H2,1-3H3,(H2,12,13). The van der Waals surface area contributed by atoms with Gasteiger partial charge in [-0.3, -0.25) is 0 Å². The van der Waals surface area contributed by atoms with Crippen molar-refractivity contribution < 1.29 is 5.21 Å². The van der Waals surface area contributed by atoms with Gasteiger partial charge in [0.25, 0.3) is 0 Å². The quantitative estimate of drug-likeness (QED) is 0.214. The summed E-state index contributed by atoms with van der Waals surface area (Å²) in [5.74, 6) is 0.323. The summed E-state index contributed by atoms with van der Waals surface area (Å²) in [6.07, 6.45) is 5.41. The van der Waals surface area contributed by atoms with Crippen molar-refractivity contribution in [2.75, 3.05) is 13.6 Å². The molecule has 0 rings (SSSR count). The smallest absolute Gasteiger partial charge is 0.140 e. The van der Waals surface area contributed by atoms with Gasteiger partial charge < -0.3 is 15.8 Å². The highest BCUT2D eigenvalue weighted by molar-refractivity contribution is 5.80. The van der Waals surface area contributed by atoms with Crippen molar-refractivity contribution in [2.45, 2.75) is 52.0 Å². The van der Waals surface area contributed by atoms with Gasteiger partial charge in [0, 0.05) is 12.5 Å². The number of nitrogens with zero attached hydrogens (tertiary/aromatic N) is 2. The number of rotatable bonds is 8. The molecule has 0 aromatic heterocycles. The van der Waals surface area contributed by atoms with E-state index < -0.39 is 0 Å². The molecule has 3 N–H and O–H groups in total. The third-order valence-corrected chi connectivity index (χ3v) is 2.78. The van der Waals surface area contributed by atoms with Crippen LogP contribution < -0.4 is 5.73 Å². The molecule has 15 heavy (non-hydrogen) atoms. The number of hydrogen-bond acceptors (Lipinski definition) is 3. The minimum absolute atomic E-state index is 0.323. The predicted octanol–water partition coefficient (Wildman–Crippen LogP) is 2.02. The molecule has 0 aliphatic heterocycles. The van der Waals surface area contributed by atoms with Gasteiger partial charge in [-0.05, 0) is 26.4 Å². The lowest BCUT2D eigenvalue weighted by atomic mass is 10.1. The van der Waals surface area contributed by atoms with E-state index in [1.807, 2.05) is 0 Å². The predicted molar refractivity (Wildman–Crippen MR) is 64.3 cm³/mol. The van der Waals surface area contributed by atoms with E-state index in [1.165, 1.54) is 19.3 Å². The third-order valence-electron chi connectivity index (χ3n) is 2.78. The third kappa shape index (κ3) is 6.33. The molecular formula is C11H25N3O. The normalized spacial score (nSPS) is 14.5. The fourth-order valence-electron chi connectivity index (χ4n) is 1.69. The molecule has 0 aromatic rings. The minimum Gasteiger partial charge on any atom is -0.409 e. The Kier molecular flexibility index (Phi) is 8.09. The molecule has 0 amide bonds. The molecule has 0 bridgehead atoms. The zero-order chi connectivity index (χ0) is 11.7. The summed E-state index contributed by atoms with van der Waals surface area (Å²) >= 11 is 0. The molecule has 0 saturated heterocycles. The van der Waals surface area contributed by atoms with Crippen molar-refractivity contribution in [1.82, 2.24) is 4.90 Å². The molecule has 0 aliphatic rings. The van der Waals surface area contributed by atoms with Crippen LogP contribution >= 0.6 is 0 Å². The SMILES string of the molecule is CCCCCN(C)C(CC)C/C(N)=N/O. The summed E-state index contributed by atoms with van der Waals surface area (Å²) in [5, 5.41) is 11.5. The molecule has 1 atom stereocenters. The van der Waals surface area contributed by atoms with Crippen LogP contribution in [0, 0.1) is 0 Å². The maximum atomic E-state index is 8.52. The van der Waals surface area contributed by atoms with Crippen LogP contribution in [-0.4, -0.2) is 35.6 Å². The number of hydrogen-bond donors (Lipinski definition) is 2. The first-order chi connectivity index (χ1) is 7.15. The summed E-state index contributed by atoms with van der Waals surface area (Å²) in [6, 6.07) is 0.387. The number of amidine groups is 1. The second-order valence-corrected chi connectivity index (χ2v) is 4.05. The van der Waals surface area contributed by atoms with E-state index in [0.717, 1.165) is 13.0 Å². The van der Waals surface area contributed by atoms with E-state index in [-0.39, 0.29) is 0 Å². The Labute approximate surface area is 93.1 Å². The summed E-state index contributed by atoms with van der Waals surface area (Å²) in [4.78, 5) is 2.30. The Morgan fingerprint density at radius 1 is 1.40 bits per heavy atom. The second kappa shape index (κ2) is 8.53. The molecule has 0 aromatic carbocycles. The molecule has 4 nitrogen and oxygen atoms in total. The van der Waals surface area contributed by atoms with Crippen molar-refractivity contribution >= 4 is 5.84 Å². The van der Waals surface area contributed by atoms with Gasteiger partial charge in [-0.1, -0.05) is 31.8 Å². The Balaban J connectivity index is 3.93. The van der Waals surface area contributed by atoms with Crippen molar-refractivity contribution in [2.24, 2.45) is 10.9 Å². The number of oxime groups is 1. The first-order valence-electron chi connectivity index (χ1n) is 5.82. The van der Waals surface area contributed by atoms with E-state index in [2.05, 4.69) is 31.0 Å². The molecular weight excluding hydrogens is 190 g/mol. The fraction of sp³-hybridized carbons (Fsp3) is 0.909. The highest BCUT2D eigenvalue weighted by Crippen LogP contribution is 2.08. The Bertz CT molecular complexity index is 183. The van der Waals surface area contributed by atoms with E-state index in [0.29, 0.717) is 18.3 Å². The Hall–Kier alpha value is -0.770. The summed E-state index contributed by atoms with van der Waals surface area (Å²) in [7, 11) is 2.11. The second-order valence-electron chi connectivity index (χ2n) is 4.05. The number of unbranched alkanes of at least 4 members (excludes halogenated alkanes) is 2. The van der Waals surface area contributed by atoms with Crippen molar-refractivity contribution in [1.29, 1.82) is 0 Å². The largest absolute Gasteiger partial charge is 0.409 e. The number of nitrogens with two attached hydrogens (primary N) is 1. The molecule has 90 valence electrons. The average molecular weight is 215 g/mol. The fourth-order valence-corrected chi connectivity index (χ4v) is 1.69. The monoisotopic (exact) mass is 215 g/mol. The van der Waals surface area contributed by atoms with Crippen LogP contribution in [0.1, 0.15) is 46.0 Å². The highest BCUT2D eigenvalue weighted by Gasteiger charge is 2.13.